The predicted octanol–water partition coefficient (Wildman–Crippen LogP) is 4.75. The van der Waals surface area contributed by atoms with Crippen LogP contribution in [0.1, 0.15) is 34.6 Å². The Morgan fingerprint density at radius 2 is 1.88 bits per heavy atom. The van der Waals surface area contributed by atoms with Gasteiger partial charge in [-0.25, -0.2) is 4.98 Å². The van der Waals surface area contributed by atoms with Crippen molar-refractivity contribution in [2.75, 3.05) is 6.54 Å². The van der Waals surface area contributed by atoms with E-state index in [0.29, 0.717) is 27.4 Å². The van der Waals surface area contributed by atoms with E-state index in [9.17, 15) is 22.8 Å². The Morgan fingerprint density at radius 3 is 2.56 bits per heavy atom. The molecule has 1 aromatic heterocycles. The monoisotopic (exact) mass is 488 g/mol. The molecule has 0 radical (unpaired) electrons. The van der Waals surface area contributed by atoms with Crippen molar-refractivity contribution >= 4 is 17.5 Å². The van der Waals surface area contributed by atoms with Crippen LogP contribution in [0, 0.1) is 11.3 Å². The van der Waals surface area contributed by atoms with Gasteiger partial charge >= 0.3 is 6.18 Å². The number of nitriles is 1. The molecule has 0 saturated carbocycles. The molecule has 0 bridgehead atoms. The number of carbonyl (C=O) groups excluding carboxylic acids is 1. The maximum atomic E-state index is 13.0. The zero-order chi connectivity index (χ0) is 24.7. The third kappa shape index (κ3) is 6.93. The van der Waals surface area contributed by atoms with Crippen LogP contribution in [0.3, 0.4) is 0 Å². The summed E-state index contributed by atoms with van der Waals surface area (Å²) >= 11 is 5.91. The van der Waals surface area contributed by atoms with Gasteiger partial charge in [-0.15, -0.1) is 0 Å². The lowest BCUT2D eigenvalue weighted by Gasteiger charge is -2.15. The largest absolute Gasteiger partial charge is 0.389 e. The Morgan fingerprint density at radius 1 is 1.15 bits per heavy atom. The Bertz CT molecular complexity index is 1260. The lowest BCUT2D eigenvalue weighted by Crippen LogP contribution is -2.26. The van der Waals surface area contributed by atoms with Crippen molar-refractivity contribution in [2.45, 2.75) is 32.0 Å². The van der Waals surface area contributed by atoms with Crippen molar-refractivity contribution in [3.8, 4) is 17.3 Å². The summed E-state index contributed by atoms with van der Waals surface area (Å²) in [5.41, 5.74) is 1.41. The van der Waals surface area contributed by atoms with Gasteiger partial charge in [0.15, 0.2) is 0 Å². The van der Waals surface area contributed by atoms with Crippen LogP contribution in [-0.2, 0) is 13.0 Å². The molecule has 10 heteroatoms. The summed E-state index contributed by atoms with van der Waals surface area (Å²) in [5, 5.41) is 11.6. The second kappa shape index (κ2) is 11.0. The highest BCUT2D eigenvalue weighted by Crippen LogP contribution is 2.23. The molecule has 0 unspecified atom stereocenters. The molecule has 0 aliphatic rings. The molecule has 1 heterocycles. The van der Waals surface area contributed by atoms with Gasteiger partial charge in [-0.1, -0.05) is 35.9 Å². The average molecular weight is 489 g/mol. The van der Waals surface area contributed by atoms with Gasteiger partial charge in [0.1, 0.15) is 12.4 Å². The third-order valence-corrected chi connectivity index (χ3v) is 5.20. The number of alkyl halides is 3. The first kappa shape index (κ1) is 25.0. The van der Waals surface area contributed by atoms with Crippen molar-refractivity contribution in [2.24, 2.45) is 0 Å². The van der Waals surface area contributed by atoms with E-state index in [4.69, 9.17) is 16.9 Å². The Kier molecular flexibility index (Phi) is 8.08. The molecule has 0 fully saturated rings. The van der Waals surface area contributed by atoms with Crippen molar-refractivity contribution in [3.63, 3.8) is 0 Å². The molecule has 0 aliphatic heterocycles. The first-order valence-corrected chi connectivity index (χ1v) is 10.7. The number of hydrogen-bond acceptors (Lipinski definition) is 4. The molecule has 3 rings (SSSR count). The lowest BCUT2D eigenvalue weighted by molar-refractivity contribution is -0.135. The Hall–Kier alpha value is -3.64. The summed E-state index contributed by atoms with van der Waals surface area (Å²) in [6.45, 7) is -0.130. The van der Waals surface area contributed by atoms with Gasteiger partial charge in [0.2, 0.25) is 0 Å². The van der Waals surface area contributed by atoms with E-state index in [-0.39, 0.29) is 31.8 Å². The fourth-order valence-corrected chi connectivity index (χ4v) is 3.47. The first-order chi connectivity index (χ1) is 16.2. The maximum Gasteiger partial charge on any atom is 0.389 e. The molecular weight excluding hydrogens is 469 g/mol. The summed E-state index contributed by atoms with van der Waals surface area (Å²) in [6, 6.07) is 16.2. The molecule has 1 N–H and O–H groups in total. The van der Waals surface area contributed by atoms with Crippen LogP contribution >= 0.6 is 11.6 Å². The van der Waals surface area contributed by atoms with E-state index >= 15 is 0 Å². The van der Waals surface area contributed by atoms with E-state index in [1.807, 2.05) is 6.07 Å². The van der Waals surface area contributed by atoms with Gasteiger partial charge in [-0.05, 0) is 36.2 Å². The topological polar surface area (TPSA) is 87.8 Å². The first-order valence-electron chi connectivity index (χ1n) is 10.3. The number of amides is 1. The Labute approximate surface area is 198 Å². The van der Waals surface area contributed by atoms with Gasteiger partial charge in [0, 0.05) is 35.1 Å². The summed E-state index contributed by atoms with van der Waals surface area (Å²) in [4.78, 5) is 29.6. The quantitative estimate of drug-likeness (QED) is 0.463. The SMILES string of the molecule is N#CCNC(=O)c1cccc(Cn2c(CCCC(F)(F)F)nc(-c3ccc(Cl)cc3)cc2=O)c1. The third-order valence-electron chi connectivity index (χ3n) is 4.95. The molecule has 0 spiro atoms. The molecule has 176 valence electrons. The number of rotatable bonds is 8. The number of hydrogen-bond donors (Lipinski definition) is 1. The highest BCUT2D eigenvalue weighted by molar-refractivity contribution is 6.30. The van der Waals surface area contributed by atoms with Gasteiger partial charge in [0.05, 0.1) is 18.3 Å². The fourth-order valence-electron chi connectivity index (χ4n) is 3.34. The number of halogens is 4. The highest BCUT2D eigenvalue weighted by Gasteiger charge is 2.26. The van der Waals surface area contributed by atoms with Gasteiger partial charge < -0.3 is 5.32 Å². The van der Waals surface area contributed by atoms with Crippen LogP contribution in [0.25, 0.3) is 11.3 Å². The minimum Gasteiger partial charge on any atom is -0.339 e. The van der Waals surface area contributed by atoms with Crippen LogP contribution in [0.4, 0.5) is 13.2 Å². The van der Waals surface area contributed by atoms with Gasteiger partial charge in [-0.3, -0.25) is 14.2 Å². The molecule has 0 saturated heterocycles. The standard InChI is InChI=1S/C24H20ClF3N4O2/c25-19-8-6-17(7-9-19)20-14-22(33)32(21(31-20)5-2-10-24(26,27)28)15-16-3-1-4-18(13-16)23(34)30-12-11-29/h1,3-4,6-9,13-14H,2,5,10,12,15H2,(H,30,34). The van der Waals surface area contributed by atoms with E-state index in [1.54, 1.807) is 48.5 Å². The van der Waals surface area contributed by atoms with Crippen molar-refractivity contribution in [3.05, 3.63) is 86.9 Å². The fraction of sp³-hybridized carbons (Fsp3) is 0.250. The normalized spacial score (nSPS) is 11.1. The predicted molar refractivity (Wildman–Crippen MR) is 121 cm³/mol. The molecule has 1 amide bonds. The number of nitrogens with zero attached hydrogens (tertiary/aromatic N) is 3. The molecule has 0 atom stereocenters. The van der Waals surface area contributed by atoms with Crippen LogP contribution < -0.4 is 10.9 Å². The second-order valence-corrected chi connectivity index (χ2v) is 7.94. The van der Waals surface area contributed by atoms with Crippen molar-refractivity contribution < 1.29 is 18.0 Å². The molecular formula is C24H20ClF3N4O2. The van der Waals surface area contributed by atoms with Gasteiger partial charge in [0.25, 0.3) is 11.5 Å². The molecule has 6 nitrogen and oxygen atoms in total. The summed E-state index contributed by atoms with van der Waals surface area (Å²) in [7, 11) is 0. The number of carbonyl (C=O) groups is 1. The van der Waals surface area contributed by atoms with Crippen LogP contribution in [-0.4, -0.2) is 28.2 Å². The molecule has 3 aromatic rings. The average Bonchev–Trinajstić information content (AvgIpc) is 2.79. The molecule has 0 aliphatic carbocycles. The summed E-state index contributed by atoms with van der Waals surface area (Å²) < 4.78 is 39.5. The zero-order valence-corrected chi connectivity index (χ0v) is 18.7. The minimum atomic E-state index is -4.32. The van der Waals surface area contributed by atoms with Crippen LogP contribution in [0.2, 0.25) is 5.02 Å². The van der Waals surface area contributed by atoms with E-state index in [2.05, 4.69) is 10.3 Å². The minimum absolute atomic E-state index is 0.0213. The summed E-state index contributed by atoms with van der Waals surface area (Å²) in [5.74, 6) is -0.238. The smallest absolute Gasteiger partial charge is 0.339 e. The second-order valence-electron chi connectivity index (χ2n) is 7.50. The lowest BCUT2D eigenvalue weighted by atomic mass is 10.1. The Balaban J connectivity index is 1.95. The molecule has 34 heavy (non-hydrogen) atoms. The zero-order valence-electron chi connectivity index (χ0n) is 17.9. The molecule has 2 aromatic carbocycles. The summed E-state index contributed by atoms with van der Waals surface area (Å²) in [6.07, 6.45) is -5.60. The van der Waals surface area contributed by atoms with E-state index in [0.717, 1.165) is 0 Å². The van der Waals surface area contributed by atoms with Crippen molar-refractivity contribution in [1.82, 2.24) is 14.9 Å². The number of aromatic nitrogens is 2. The number of benzene rings is 2. The van der Waals surface area contributed by atoms with Crippen LogP contribution in [0.5, 0.6) is 0 Å². The van der Waals surface area contributed by atoms with Crippen LogP contribution in [0.15, 0.2) is 59.4 Å². The van der Waals surface area contributed by atoms with E-state index < -0.39 is 24.1 Å². The van der Waals surface area contributed by atoms with Crippen molar-refractivity contribution in [1.29, 1.82) is 5.26 Å². The highest BCUT2D eigenvalue weighted by atomic mass is 35.5. The number of aryl methyl sites for hydroxylation is 1. The maximum absolute atomic E-state index is 13.0. The van der Waals surface area contributed by atoms with E-state index in [1.165, 1.54) is 10.6 Å². The number of nitrogens with one attached hydrogen (secondary N) is 1. The van der Waals surface area contributed by atoms with Gasteiger partial charge in [-0.2, -0.15) is 18.4 Å².